The van der Waals surface area contributed by atoms with Gasteiger partial charge in [0.05, 0.1) is 10.5 Å². The zero-order chi connectivity index (χ0) is 12.8. The second-order valence-corrected chi connectivity index (χ2v) is 3.22. The minimum atomic E-state index is -1.26. The van der Waals surface area contributed by atoms with Crippen LogP contribution in [0.2, 0.25) is 0 Å². The normalized spacial score (nSPS) is 9.94. The Hall–Kier alpha value is -2.22. The quantitative estimate of drug-likeness (QED) is 0.373. The van der Waals surface area contributed by atoms with Crippen LogP contribution in [0, 0.1) is 10.1 Å². The largest absolute Gasteiger partial charge is 0.478 e. The van der Waals surface area contributed by atoms with Crippen molar-refractivity contribution in [2.24, 2.45) is 5.73 Å². The summed E-state index contributed by atoms with van der Waals surface area (Å²) < 4.78 is 0. The lowest BCUT2D eigenvalue weighted by Gasteiger charge is -2.05. The highest BCUT2D eigenvalue weighted by molar-refractivity contribution is 5.88. The molecule has 4 N–H and O–H groups in total. The Morgan fingerprint density at radius 1 is 1.65 bits per heavy atom. The van der Waals surface area contributed by atoms with E-state index < -0.39 is 10.9 Å². The van der Waals surface area contributed by atoms with Crippen molar-refractivity contribution < 1.29 is 14.8 Å². The van der Waals surface area contributed by atoms with Gasteiger partial charge in [0.15, 0.2) is 0 Å². The molecule has 0 fully saturated rings. The molecule has 0 atom stereocenters. The number of rotatable bonds is 6. The van der Waals surface area contributed by atoms with E-state index in [1.54, 1.807) is 0 Å². The fraction of sp³-hybridized carbons (Fsp3) is 0.333. The van der Waals surface area contributed by atoms with Gasteiger partial charge in [-0.1, -0.05) is 0 Å². The second kappa shape index (κ2) is 5.75. The summed E-state index contributed by atoms with van der Waals surface area (Å²) in [6.07, 6.45) is 1.71. The number of nitrogens with two attached hydrogens (primary N) is 1. The first-order valence-electron chi connectivity index (χ1n) is 4.88. The van der Waals surface area contributed by atoms with Gasteiger partial charge in [0.2, 0.25) is 5.82 Å². The average Bonchev–Trinajstić information content (AvgIpc) is 2.29. The fourth-order valence-electron chi connectivity index (χ4n) is 1.15. The second-order valence-electron chi connectivity index (χ2n) is 3.22. The Balaban J connectivity index is 2.96. The highest BCUT2D eigenvalue weighted by Gasteiger charge is 2.18. The maximum Gasteiger partial charge on any atom is 0.337 e. The zero-order valence-corrected chi connectivity index (χ0v) is 8.92. The maximum absolute atomic E-state index is 10.7. The molecule has 0 unspecified atom stereocenters. The van der Waals surface area contributed by atoms with Gasteiger partial charge in [0.1, 0.15) is 0 Å². The predicted molar refractivity (Wildman–Crippen MR) is 60.0 cm³/mol. The van der Waals surface area contributed by atoms with Crippen molar-refractivity contribution in [2.45, 2.75) is 6.42 Å². The number of hydrogen-bond acceptors (Lipinski definition) is 6. The number of aromatic nitrogens is 1. The summed E-state index contributed by atoms with van der Waals surface area (Å²) in [4.78, 5) is 24.4. The van der Waals surface area contributed by atoms with Gasteiger partial charge in [0, 0.05) is 18.8 Å². The van der Waals surface area contributed by atoms with Crippen LogP contribution in [-0.2, 0) is 0 Å². The number of nitrogens with one attached hydrogen (secondary N) is 1. The van der Waals surface area contributed by atoms with Gasteiger partial charge in [-0.05, 0) is 13.0 Å². The van der Waals surface area contributed by atoms with Crippen molar-refractivity contribution in [3.8, 4) is 0 Å². The molecule has 0 saturated carbocycles. The molecule has 0 aliphatic carbocycles. The molecule has 92 valence electrons. The molecule has 0 saturated heterocycles. The number of nitro groups is 1. The molecule has 8 heteroatoms. The third-order valence-electron chi connectivity index (χ3n) is 1.98. The van der Waals surface area contributed by atoms with Crippen LogP contribution in [0.25, 0.3) is 0 Å². The van der Waals surface area contributed by atoms with E-state index in [2.05, 4.69) is 10.3 Å². The molecular formula is C9H12N4O4. The van der Waals surface area contributed by atoms with Gasteiger partial charge in [-0.15, -0.1) is 0 Å². The lowest BCUT2D eigenvalue weighted by atomic mass is 10.2. The molecule has 8 nitrogen and oxygen atoms in total. The van der Waals surface area contributed by atoms with Crippen molar-refractivity contribution in [3.63, 3.8) is 0 Å². The summed E-state index contributed by atoms with van der Waals surface area (Å²) in [6, 6.07) is 0.972. The summed E-state index contributed by atoms with van der Waals surface area (Å²) in [5.74, 6) is -1.21. The molecule has 0 aromatic carbocycles. The van der Waals surface area contributed by atoms with Gasteiger partial charge < -0.3 is 16.2 Å². The van der Waals surface area contributed by atoms with E-state index in [4.69, 9.17) is 10.8 Å². The third-order valence-corrected chi connectivity index (χ3v) is 1.98. The lowest BCUT2D eigenvalue weighted by molar-refractivity contribution is -0.384. The van der Waals surface area contributed by atoms with E-state index in [0.29, 0.717) is 19.5 Å². The molecular weight excluding hydrogens is 228 g/mol. The Morgan fingerprint density at radius 3 is 2.88 bits per heavy atom. The molecule has 1 aromatic heterocycles. The third kappa shape index (κ3) is 3.38. The summed E-state index contributed by atoms with van der Waals surface area (Å²) >= 11 is 0. The number of anilines is 1. The first-order chi connectivity index (χ1) is 8.06. The number of hydrogen-bond donors (Lipinski definition) is 3. The van der Waals surface area contributed by atoms with Crippen LogP contribution in [0.5, 0.6) is 0 Å². The zero-order valence-electron chi connectivity index (χ0n) is 8.92. The van der Waals surface area contributed by atoms with Crippen LogP contribution < -0.4 is 11.1 Å². The molecule has 1 aromatic rings. The smallest absolute Gasteiger partial charge is 0.337 e. The van der Waals surface area contributed by atoms with Crippen molar-refractivity contribution >= 4 is 17.5 Å². The molecule has 1 heterocycles. The summed E-state index contributed by atoms with van der Waals surface area (Å²) in [6.45, 7) is 0.894. The van der Waals surface area contributed by atoms with Gasteiger partial charge in [-0.25, -0.2) is 9.78 Å². The first-order valence-corrected chi connectivity index (χ1v) is 4.88. The monoisotopic (exact) mass is 240 g/mol. The molecule has 0 aliphatic heterocycles. The molecule has 0 amide bonds. The predicted octanol–water partition coefficient (Wildman–Crippen LogP) is 0.449. The topological polar surface area (TPSA) is 131 Å². The number of nitrogens with zero attached hydrogens (tertiary/aromatic N) is 2. The summed E-state index contributed by atoms with van der Waals surface area (Å²) in [7, 11) is 0. The average molecular weight is 240 g/mol. The number of pyridine rings is 1. The highest BCUT2D eigenvalue weighted by atomic mass is 16.6. The van der Waals surface area contributed by atoms with Crippen molar-refractivity contribution in [1.82, 2.24) is 4.98 Å². The number of carboxylic acids is 1. The summed E-state index contributed by atoms with van der Waals surface area (Å²) in [5.41, 5.74) is 4.70. The molecule has 0 aliphatic rings. The molecule has 17 heavy (non-hydrogen) atoms. The standard InChI is InChI=1S/C9H12N4O4/c10-2-1-3-11-8-7(13(16)17)4-6(5-12-8)9(14)15/h4-5H,1-3,10H2,(H,11,12)(H,14,15). The molecule has 0 radical (unpaired) electrons. The Bertz CT molecular complexity index is 435. The molecule has 0 bridgehead atoms. The van der Waals surface area contributed by atoms with Crippen molar-refractivity contribution in [2.75, 3.05) is 18.4 Å². The Morgan fingerprint density at radius 2 is 2.35 bits per heavy atom. The van der Waals surface area contributed by atoms with E-state index in [1.807, 2.05) is 0 Å². The fourth-order valence-corrected chi connectivity index (χ4v) is 1.15. The van der Waals surface area contributed by atoms with Gasteiger partial charge in [-0.2, -0.15) is 0 Å². The number of carbonyl (C=O) groups is 1. The van der Waals surface area contributed by atoms with Crippen LogP contribution in [0.3, 0.4) is 0 Å². The Kier molecular flexibility index (Phi) is 4.35. The highest BCUT2D eigenvalue weighted by Crippen LogP contribution is 2.22. The molecule has 0 spiro atoms. The van der Waals surface area contributed by atoms with Crippen molar-refractivity contribution in [1.29, 1.82) is 0 Å². The molecule has 1 rings (SSSR count). The van der Waals surface area contributed by atoms with Crippen LogP contribution in [0.1, 0.15) is 16.8 Å². The van der Waals surface area contributed by atoms with E-state index >= 15 is 0 Å². The maximum atomic E-state index is 10.7. The van der Waals surface area contributed by atoms with Gasteiger partial charge in [-0.3, -0.25) is 10.1 Å². The first kappa shape index (κ1) is 12.8. The van der Waals surface area contributed by atoms with E-state index in [0.717, 1.165) is 12.3 Å². The van der Waals surface area contributed by atoms with Gasteiger partial charge >= 0.3 is 11.7 Å². The number of carboxylic acid groups (broad SMARTS) is 1. The van der Waals surface area contributed by atoms with E-state index in [1.165, 1.54) is 0 Å². The lowest BCUT2D eigenvalue weighted by Crippen LogP contribution is -2.11. The van der Waals surface area contributed by atoms with E-state index in [9.17, 15) is 14.9 Å². The van der Waals surface area contributed by atoms with Crippen LogP contribution in [0.4, 0.5) is 11.5 Å². The van der Waals surface area contributed by atoms with Crippen LogP contribution >= 0.6 is 0 Å². The van der Waals surface area contributed by atoms with Crippen molar-refractivity contribution in [3.05, 3.63) is 27.9 Å². The van der Waals surface area contributed by atoms with E-state index in [-0.39, 0.29) is 17.1 Å². The van der Waals surface area contributed by atoms with Crippen LogP contribution in [-0.4, -0.2) is 34.1 Å². The Labute approximate surface area is 96.6 Å². The number of aromatic carboxylic acids is 1. The summed E-state index contributed by atoms with van der Waals surface area (Å²) in [5, 5.41) is 22.2. The van der Waals surface area contributed by atoms with Gasteiger partial charge in [0.25, 0.3) is 0 Å². The minimum Gasteiger partial charge on any atom is -0.478 e. The minimum absolute atomic E-state index is 0.0495. The van der Waals surface area contributed by atoms with Crippen LogP contribution in [0.15, 0.2) is 12.3 Å². The SMILES string of the molecule is NCCCNc1ncc(C(=O)O)cc1[N+](=O)[O-].